The van der Waals surface area contributed by atoms with E-state index in [4.69, 9.17) is 4.74 Å². The molecule has 5 nitrogen and oxygen atoms in total. The van der Waals surface area contributed by atoms with Crippen molar-refractivity contribution in [2.45, 2.75) is 0 Å². The Morgan fingerprint density at radius 1 is 1.12 bits per heavy atom. The van der Waals surface area contributed by atoms with Gasteiger partial charge in [0.25, 0.3) is 5.19 Å². The van der Waals surface area contributed by atoms with Gasteiger partial charge in [0, 0.05) is 11.8 Å². The summed E-state index contributed by atoms with van der Waals surface area (Å²) in [6, 6.07) is 7.73. The third kappa shape index (κ3) is 2.16. The van der Waals surface area contributed by atoms with Gasteiger partial charge in [-0.25, -0.2) is 0 Å². The molecule has 1 N–H and O–H groups in total. The van der Waals surface area contributed by atoms with Crippen LogP contribution in [0.5, 0.6) is 10.9 Å². The van der Waals surface area contributed by atoms with Gasteiger partial charge in [-0.3, -0.25) is 5.10 Å². The van der Waals surface area contributed by atoms with Crippen molar-refractivity contribution in [1.29, 1.82) is 0 Å². The predicted octanol–water partition coefficient (Wildman–Crippen LogP) is 2.72. The number of aromatic nitrogens is 4. The molecule has 0 aliphatic rings. The first-order valence-corrected chi connectivity index (χ1v) is 5.83. The second-order valence-electron chi connectivity index (χ2n) is 3.32. The van der Waals surface area contributed by atoms with Crippen LogP contribution in [0.2, 0.25) is 0 Å². The smallest absolute Gasteiger partial charge is 0.299 e. The molecule has 0 atom stereocenters. The lowest BCUT2D eigenvalue weighted by molar-refractivity contribution is 0.473. The van der Waals surface area contributed by atoms with Crippen LogP contribution in [0.15, 0.2) is 42.2 Å². The van der Waals surface area contributed by atoms with E-state index >= 15 is 0 Å². The van der Waals surface area contributed by atoms with E-state index in [1.165, 1.54) is 11.3 Å². The van der Waals surface area contributed by atoms with Crippen LogP contribution in [0.1, 0.15) is 0 Å². The van der Waals surface area contributed by atoms with Gasteiger partial charge in [0.2, 0.25) is 0 Å². The van der Waals surface area contributed by atoms with Crippen molar-refractivity contribution in [2.75, 3.05) is 0 Å². The highest BCUT2D eigenvalue weighted by Crippen LogP contribution is 2.25. The molecule has 3 aromatic rings. The minimum absolute atomic E-state index is 0.543. The second-order valence-corrected chi connectivity index (χ2v) is 4.11. The van der Waals surface area contributed by atoms with Gasteiger partial charge in [0.05, 0.1) is 6.20 Å². The summed E-state index contributed by atoms with van der Waals surface area (Å²) in [4.78, 5) is 0. The van der Waals surface area contributed by atoms with E-state index in [-0.39, 0.29) is 0 Å². The van der Waals surface area contributed by atoms with Gasteiger partial charge in [-0.05, 0) is 17.7 Å². The normalized spacial score (nSPS) is 10.4. The number of aromatic amines is 1. The highest BCUT2D eigenvalue weighted by atomic mass is 32.1. The molecule has 0 aliphatic carbocycles. The topological polar surface area (TPSA) is 63.7 Å². The van der Waals surface area contributed by atoms with E-state index in [9.17, 15) is 0 Å². The number of hydrogen-bond acceptors (Lipinski definition) is 5. The number of hydrogen-bond donors (Lipinski definition) is 1. The Bertz CT molecular complexity index is 574. The first-order valence-electron chi connectivity index (χ1n) is 4.95. The fourth-order valence-electron chi connectivity index (χ4n) is 1.43. The van der Waals surface area contributed by atoms with Gasteiger partial charge < -0.3 is 4.74 Å². The van der Waals surface area contributed by atoms with Crippen molar-refractivity contribution >= 4 is 11.3 Å². The number of nitrogens with zero attached hydrogens (tertiary/aromatic N) is 3. The molecule has 0 fully saturated rings. The summed E-state index contributed by atoms with van der Waals surface area (Å²) in [5.74, 6) is 0.744. The van der Waals surface area contributed by atoms with Gasteiger partial charge in [-0.1, -0.05) is 28.6 Å². The first-order chi connectivity index (χ1) is 8.42. The van der Waals surface area contributed by atoms with Gasteiger partial charge in [0.1, 0.15) is 11.3 Å². The molecule has 1 aromatic carbocycles. The molecule has 2 aromatic heterocycles. The number of benzene rings is 1. The van der Waals surface area contributed by atoms with Crippen LogP contribution in [-0.2, 0) is 0 Å². The molecule has 0 saturated heterocycles. The SMILES string of the molecule is c1nnc(Oc2ccc(-c3cn[nH]c3)cc2)s1. The van der Waals surface area contributed by atoms with Crippen molar-refractivity contribution in [3.63, 3.8) is 0 Å². The van der Waals surface area contributed by atoms with Gasteiger partial charge in [0.15, 0.2) is 0 Å². The molecule has 84 valence electrons. The predicted molar refractivity (Wildman–Crippen MR) is 64.0 cm³/mol. The number of nitrogens with one attached hydrogen (secondary N) is 1. The molecule has 0 amide bonds. The summed E-state index contributed by atoms with van der Waals surface area (Å²) < 4.78 is 5.51. The van der Waals surface area contributed by atoms with Gasteiger partial charge in [-0.15, -0.1) is 5.10 Å². The maximum Gasteiger partial charge on any atom is 0.299 e. The zero-order valence-electron chi connectivity index (χ0n) is 8.70. The van der Waals surface area contributed by atoms with Gasteiger partial charge >= 0.3 is 0 Å². The fourth-order valence-corrected chi connectivity index (χ4v) is 1.86. The maximum atomic E-state index is 5.51. The largest absolute Gasteiger partial charge is 0.430 e. The van der Waals surface area contributed by atoms with E-state index in [0.717, 1.165) is 16.9 Å². The summed E-state index contributed by atoms with van der Waals surface area (Å²) in [5, 5.41) is 14.8. The van der Waals surface area contributed by atoms with Crippen LogP contribution in [-0.4, -0.2) is 20.4 Å². The van der Waals surface area contributed by atoms with E-state index in [1.54, 1.807) is 11.7 Å². The Balaban J connectivity index is 1.81. The van der Waals surface area contributed by atoms with Crippen LogP contribution in [0.4, 0.5) is 0 Å². The minimum Gasteiger partial charge on any atom is -0.430 e. The zero-order valence-corrected chi connectivity index (χ0v) is 9.52. The molecule has 0 aliphatic heterocycles. The van der Waals surface area contributed by atoms with E-state index in [2.05, 4.69) is 20.4 Å². The lowest BCUT2D eigenvalue weighted by Crippen LogP contribution is -1.83. The standard InChI is InChI=1S/C11H8N4OS/c1-3-10(16-11-15-14-7-17-11)4-2-8(1)9-5-12-13-6-9/h1-7H,(H,12,13). The molecular formula is C11H8N4OS. The molecule has 6 heteroatoms. The summed E-state index contributed by atoms with van der Waals surface area (Å²) >= 11 is 1.36. The van der Waals surface area contributed by atoms with Gasteiger partial charge in [-0.2, -0.15) is 5.10 Å². The molecule has 17 heavy (non-hydrogen) atoms. The number of rotatable bonds is 3. The van der Waals surface area contributed by atoms with Crippen molar-refractivity contribution in [3.8, 4) is 22.1 Å². The average molecular weight is 244 g/mol. The highest BCUT2D eigenvalue weighted by Gasteiger charge is 2.02. The van der Waals surface area contributed by atoms with Crippen LogP contribution in [0.3, 0.4) is 0 Å². The Kier molecular flexibility index (Phi) is 2.55. The summed E-state index contributed by atoms with van der Waals surface area (Å²) in [6.07, 6.45) is 3.63. The molecule has 0 bridgehead atoms. The summed E-state index contributed by atoms with van der Waals surface area (Å²) in [7, 11) is 0. The quantitative estimate of drug-likeness (QED) is 0.769. The zero-order chi connectivity index (χ0) is 11.5. The fraction of sp³-hybridized carbons (Fsp3) is 0. The Morgan fingerprint density at radius 3 is 2.65 bits per heavy atom. The van der Waals surface area contributed by atoms with Crippen molar-refractivity contribution in [2.24, 2.45) is 0 Å². The second kappa shape index (κ2) is 4.34. The number of ether oxygens (including phenoxy) is 1. The molecule has 0 unspecified atom stereocenters. The number of H-pyrrole nitrogens is 1. The minimum atomic E-state index is 0.543. The molecule has 3 rings (SSSR count). The lowest BCUT2D eigenvalue weighted by atomic mass is 10.1. The molecule has 0 saturated carbocycles. The first kappa shape index (κ1) is 9.98. The third-order valence-corrected chi connectivity index (χ3v) is 2.80. The van der Waals surface area contributed by atoms with E-state index < -0.39 is 0 Å². The maximum absolute atomic E-state index is 5.51. The van der Waals surface area contributed by atoms with Crippen LogP contribution < -0.4 is 4.74 Å². The van der Waals surface area contributed by atoms with Crippen molar-refractivity contribution in [3.05, 3.63) is 42.2 Å². The Labute approximate surface area is 101 Å². The van der Waals surface area contributed by atoms with Crippen molar-refractivity contribution in [1.82, 2.24) is 20.4 Å². The van der Waals surface area contributed by atoms with Crippen molar-refractivity contribution < 1.29 is 4.74 Å². The Hall–Kier alpha value is -2.21. The third-order valence-electron chi connectivity index (χ3n) is 2.23. The summed E-state index contributed by atoms with van der Waals surface area (Å²) in [5.41, 5.74) is 3.77. The van der Waals surface area contributed by atoms with E-state index in [0.29, 0.717) is 5.19 Å². The molecular weight excluding hydrogens is 236 g/mol. The van der Waals surface area contributed by atoms with Crippen LogP contribution in [0.25, 0.3) is 11.1 Å². The van der Waals surface area contributed by atoms with E-state index in [1.807, 2.05) is 30.5 Å². The monoisotopic (exact) mass is 244 g/mol. The lowest BCUT2D eigenvalue weighted by Gasteiger charge is -2.02. The summed E-state index contributed by atoms with van der Waals surface area (Å²) in [6.45, 7) is 0. The Morgan fingerprint density at radius 2 is 2.00 bits per heavy atom. The molecule has 2 heterocycles. The average Bonchev–Trinajstić information content (AvgIpc) is 3.01. The van der Waals surface area contributed by atoms with Crippen LogP contribution >= 0.6 is 11.3 Å². The van der Waals surface area contributed by atoms with Crippen LogP contribution in [0, 0.1) is 0 Å². The molecule has 0 radical (unpaired) electrons. The highest BCUT2D eigenvalue weighted by molar-refractivity contribution is 7.11. The molecule has 0 spiro atoms.